The molecule has 1 amide bonds. The van der Waals surface area contributed by atoms with E-state index in [1.807, 2.05) is 43.8 Å². The van der Waals surface area contributed by atoms with Crippen LogP contribution in [0.5, 0.6) is 0 Å². The molecule has 112 valence electrons. The summed E-state index contributed by atoms with van der Waals surface area (Å²) in [6.45, 7) is 6.71. The molecule has 0 heterocycles. The van der Waals surface area contributed by atoms with E-state index >= 15 is 0 Å². The van der Waals surface area contributed by atoms with E-state index in [0.29, 0.717) is 6.54 Å². The van der Waals surface area contributed by atoms with Crippen LogP contribution in [-0.2, 0) is 11.3 Å². The summed E-state index contributed by atoms with van der Waals surface area (Å²) in [6, 6.07) is 6.16. The monoisotopic (exact) mass is 341 g/mol. The van der Waals surface area contributed by atoms with E-state index < -0.39 is 0 Å². The average molecular weight is 342 g/mol. The summed E-state index contributed by atoms with van der Waals surface area (Å²) < 4.78 is 1.02. The molecule has 0 saturated carbocycles. The highest BCUT2D eigenvalue weighted by Gasteiger charge is 2.15. The van der Waals surface area contributed by atoms with Crippen molar-refractivity contribution in [1.82, 2.24) is 10.2 Å². The summed E-state index contributed by atoms with van der Waals surface area (Å²) in [7, 11) is 3.88. The van der Waals surface area contributed by atoms with Gasteiger partial charge in [0.25, 0.3) is 0 Å². The number of anilines is 1. The number of halogens is 1. The van der Waals surface area contributed by atoms with E-state index in [4.69, 9.17) is 0 Å². The Morgan fingerprint density at radius 2 is 1.95 bits per heavy atom. The Kier molecular flexibility index (Phi) is 7.02. The van der Waals surface area contributed by atoms with Gasteiger partial charge in [0.2, 0.25) is 5.91 Å². The van der Waals surface area contributed by atoms with Crippen molar-refractivity contribution in [3.8, 4) is 0 Å². The summed E-state index contributed by atoms with van der Waals surface area (Å²) in [4.78, 5) is 16.1. The first-order valence-corrected chi connectivity index (χ1v) is 7.74. The minimum Gasteiger partial charge on any atom is -0.365 e. The Morgan fingerprint density at radius 3 is 2.50 bits per heavy atom. The zero-order valence-electron chi connectivity index (χ0n) is 12.7. The third-order valence-corrected chi connectivity index (χ3v) is 3.81. The average Bonchev–Trinajstić information content (AvgIpc) is 2.42. The van der Waals surface area contributed by atoms with Crippen LogP contribution in [0.3, 0.4) is 0 Å². The largest absolute Gasteiger partial charge is 0.365 e. The first-order chi connectivity index (χ1) is 9.53. The van der Waals surface area contributed by atoms with Crippen LogP contribution < -0.4 is 10.2 Å². The van der Waals surface area contributed by atoms with Gasteiger partial charge in [0.15, 0.2) is 0 Å². The third kappa shape index (κ3) is 4.49. The molecule has 0 aliphatic heterocycles. The zero-order chi connectivity index (χ0) is 15.1. The lowest BCUT2D eigenvalue weighted by Gasteiger charge is -2.26. The lowest BCUT2D eigenvalue weighted by molar-refractivity contribution is -0.129. The summed E-state index contributed by atoms with van der Waals surface area (Å²) >= 11 is 3.50. The van der Waals surface area contributed by atoms with Crippen LogP contribution in [0.1, 0.15) is 19.4 Å². The van der Waals surface area contributed by atoms with Gasteiger partial charge in [0.1, 0.15) is 0 Å². The molecule has 5 heteroatoms. The molecular formula is C15H24BrN3O. The molecule has 0 aliphatic carbocycles. The second-order valence-electron chi connectivity index (χ2n) is 4.73. The number of nitrogens with one attached hydrogen (secondary N) is 1. The van der Waals surface area contributed by atoms with Crippen molar-refractivity contribution >= 4 is 27.5 Å². The number of benzene rings is 1. The van der Waals surface area contributed by atoms with Crippen LogP contribution in [0.2, 0.25) is 0 Å². The van der Waals surface area contributed by atoms with E-state index in [9.17, 15) is 4.79 Å². The minimum atomic E-state index is 0.160. The number of hydrogen-bond donors (Lipinski definition) is 1. The fraction of sp³-hybridized carbons (Fsp3) is 0.533. The van der Waals surface area contributed by atoms with E-state index in [2.05, 4.69) is 33.4 Å². The molecular weight excluding hydrogens is 318 g/mol. The van der Waals surface area contributed by atoms with Crippen molar-refractivity contribution in [2.75, 3.05) is 38.6 Å². The molecule has 1 rings (SSSR count). The van der Waals surface area contributed by atoms with Gasteiger partial charge < -0.3 is 15.1 Å². The zero-order valence-corrected chi connectivity index (χ0v) is 14.3. The van der Waals surface area contributed by atoms with Crippen molar-refractivity contribution in [3.63, 3.8) is 0 Å². The molecule has 0 bridgehead atoms. The van der Waals surface area contributed by atoms with Gasteiger partial charge in [0.05, 0.1) is 6.54 Å². The van der Waals surface area contributed by atoms with Gasteiger partial charge in [-0.15, -0.1) is 0 Å². The Balaban J connectivity index is 2.88. The summed E-state index contributed by atoms with van der Waals surface area (Å²) in [5.74, 6) is 0.160. The molecule has 0 fully saturated rings. The first-order valence-electron chi connectivity index (χ1n) is 6.95. The molecule has 1 aromatic carbocycles. The van der Waals surface area contributed by atoms with E-state index in [1.165, 1.54) is 5.56 Å². The Labute approximate surface area is 130 Å². The van der Waals surface area contributed by atoms with Crippen LogP contribution in [-0.4, -0.2) is 44.5 Å². The Bertz CT molecular complexity index is 447. The number of rotatable bonds is 7. The highest BCUT2D eigenvalue weighted by molar-refractivity contribution is 9.10. The highest BCUT2D eigenvalue weighted by Crippen LogP contribution is 2.24. The van der Waals surface area contributed by atoms with Crippen molar-refractivity contribution in [1.29, 1.82) is 0 Å². The second kappa shape index (κ2) is 8.27. The predicted octanol–water partition coefficient (Wildman–Crippen LogP) is 2.47. The molecule has 1 N–H and O–H groups in total. The number of carbonyl (C=O) groups excluding carboxylic acids is 1. The molecule has 0 aliphatic rings. The molecule has 0 atom stereocenters. The van der Waals surface area contributed by atoms with E-state index in [0.717, 1.165) is 29.8 Å². The smallest absolute Gasteiger partial charge is 0.242 e. The highest BCUT2D eigenvalue weighted by atomic mass is 79.9. The maximum Gasteiger partial charge on any atom is 0.242 e. The van der Waals surface area contributed by atoms with Gasteiger partial charge in [0, 0.05) is 36.8 Å². The fourth-order valence-electron chi connectivity index (χ4n) is 2.20. The molecule has 0 aromatic heterocycles. The number of likely N-dealkylation sites (N-methyl/N-ethyl adjacent to an activating group) is 2. The molecule has 0 saturated heterocycles. The lowest BCUT2D eigenvalue weighted by Crippen LogP contribution is -2.39. The van der Waals surface area contributed by atoms with Crippen molar-refractivity contribution in [2.45, 2.75) is 20.4 Å². The number of amides is 1. The SMILES string of the molecule is CCN(CC)C(=O)CN(C)c1cc(Br)ccc1CNC. The van der Waals surface area contributed by atoms with Crippen molar-refractivity contribution in [3.05, 3.63) is 28.2 Å². The summed E-state index contributed by atoms with van der Waals surface area (Å²) in [5.41, 5.74) is 2.26. The van der Waals surface area contributed by atoms with Gasteiger partial charge in [-0.3, -0.25) is 4.79 Å². The standard InChI is InChI=1S/C15H24BrN3O/c1-5-19(6-2)15(20)11-18(4)14-9-13(16)8-7-12(14)10-17-3/h7-9,17H,5-6,10-11H2,1-4H3. The first kappa shape index (κ1) is 17.0. The van der Waals surface area contributed by atoms with Gasteiger partial charge in [-0.05, 0) is 38.6 Å². The lowest BCUT2D eigenvalue weighted by atomic mass is 10.1. The third-order valence-electron chi connectivity index (χ3n) is 3.31. The van der Waals surface area contributed by atoms with Gasteiger partial charge in [-0.25, -0.2) is 0 Å². The molecule has 20 heavy (non-hydrogen) atoms. The maximum absolute atomic E-state index is 12.2. The molecule has 0 spiro atoms. The Hall–Kier alpha value is -1.07. The maximum atomic E-state index is 12.2. The van der Waals surface area contributed by atoms with Crippen molar-refractivity contribution in [2.24, 2.45) is 0 Å². The second-order valence-corrected chi connectivity index (χ2v) is 5.64. The summed E-state index contributed by atoms with van der Waals surface area (Å²) in [5, 5.41) is 3.16. The number of nitrogens with zero attached hydrogens (tertiary/aromatic N) is 2. The van der Waals surface area contributed by atoms with Gasteiger partial charge in [-0.2, -0.15) is 0 Å². The van der Waals surface area contributed by atoms with Crippen LogP contribution in [0.15, 0.2) is 22.7 Å². The fourth-order valence-corrected chi connectivity index (χ4v) is 2.55. The van der Waals surface area contributed by atoms with Gasteiger partial charge in [-0.1, -0.05) is 22.0 Å². The number of carbonyl (C=O) groups is 1. The Morgan fingerprint density at radius 1 is 1.30 bits per heavy atom. The van der Waals surface area contributed by atoms with Crippen molar-refractivity contribution < 1.29 is 4.79 Å². The normalized spacial score (nSPS) is 10.4. The van der Waals surface area contributed by atoms with Crippen LogP contribution in [0.25, 0.3) is 0 Å². The molecule has 0 radical (unpaired) electrons. The van der Waals surface area contributed by atoms with Gasteiger partial charge >= 0.3 is 0 Å². The number of hydrogen-bond acceptors (Lipinski definition) is 3. The topological polar surface area (TPSA) is 35.6 Å². The molecule has 0 unspecified atom stereocenters. The molecule has 1 aromatic rings. The molecule has 4 nitrogen and oxygen atoms in total. The minimum absolute atomic E-state index is 0.160. The van der Waals surface area contributed by atoms with Crippen LogP contribution in [0.4, 0.5) is 5.69 Å². The predicted molar refractivity (Wildman–Crippen MR) is 88.1 cm³/mol. The van der Waals surface area contributed by atoms with Crippen LogP contribution >= 0.6 is 15.9 Å². The van der Waals surface area contributed by atoms with E-state index in [-0.39, 0.29) is 5.91 Å². The van der Waals surface area contributed by atoms with Crippen LogP contribution in [0, 0.1) is 0 Å². The van der Waals surface area contributed by atoms with E-state index in [1.54, 1.807) is 0 Å². The quantitative estimate of drug-likeness (QED) is 0.827. The summed E-state index contributed by atoms with van der Waals surface area (Å²) in [6.07, 6.45) is 0.